The predicted octanol–water partition coefficient (Wildman–Crippen LogP) is 0.932. The van der Waals surface area contributed by atoms with Crippen LogP contribution < -0.4 is 5.73 Å². The Hall–Kier alpha value is -1.40. The molecule has 0 aliphatic carbocycles. The summed E-state index contributed by atoms with van der Waals surface area (Å²) in [7, 11) is -1.39. The summed E-state index contributed by atoms with van der Waals surface area (Å²) >= 11 is 0. The number of morpholine rings is 1. The molecule has 1 fully saturated rings. The largest absolute Gasteiger partial charge is 0.399 e. The highest BCUT2D eigenvalue weighted by atomic mass is 32.2. The highest BCUT2D eigenvalue weighted by Crippen LogP contribution is 2.20. The van der Waals surface area contributed by atoms with E-state index < -0.39 is 16.0 Å². The van der Waals surface area contributed by atoms with E-state index >= 15 is 0 Å². The molecule has 2 rings (SSSR count). The lowest BCUT2D eigenvalue weighted by molar-refractivity contribution is -0.134. The van der Waals surface area contributed by atoms with Gasteiger partial charge in [0.25, 0.3) is 0 Å². The van der Waals surface area contributed by atoms with Crippen molar-refractivity contribution in [3.05, 3.63) is 23.8 Å². The van der Waals surface area contributed by atoms with E-state index in [-0.39, 0.29) is 5.91 Å². The third-order valence-corrected chi connectivity index (χ3v) is 5.14. The van der Waals surface area contributed by atoms with E-state index in [0.29, 0.717) is 36.9 Å². The molecule has 110 valence electrons. The lowest BCUT2D eigenvalue weighted by Crippen LogP contribution is -2.46. The van der Waals surface area contributed by atoms with Gasteiger partial charge >= 0.3 is 0 Å². The van der Waals surface area contributed by atoms with E-state index in [9.17, 15) is 9.00 Å². The van der Waals surface area contributed by atoms with Gasteiger partial charge in [0.2, 0.25) is 5.91 Å². The van der Waals surface area contributed by atoms with Crippen LogP contribution in [0.15, 0.2) is 23.1 Å². The van der Waals surface area contributed by atoms with Gasteiger partial charge < -0.3 is 15.4 Å². The summed E-state index contributed by atoms with van der Waals surface area (Å²) in [6.45, 7) is 5.80. The van der Waals surface area contributed by atoms with Crippen LogP contribution in [0.1, 0.15) is 12.5 Å². The molecule has 6 heteroatoms. The van der Waals surface area contributed by atoms with Crippen LogP contribution in [0.25, 0.3) is 0 Å². The minimum atomic E-state index is -1.39. The average Bonchev–Trinajstić information content (AvgIpc) is 2.48. The SMILES string of the molecule is Cc1ccc(N)cc1S(=O)C(C)C(=O)N1CCOCC1. The van der Waals surface area contributed by atoms with E-state index in [0.717, 1.165) is 5.56 Å². The zero-order chi connectivity index (χ0) is 14.7. The number of amides is 1. The molecule has 1 saturated heterocycles. The number of benzene rings is 1. The van der Waals surface area contributed by atoms with Gasteiger partial charge in [-0.15, -0.1) is 0 Å². The molecular formula is C14H20N2O3S. The van der Waals surface area contributed by atoms with Gasteiger partial charge in [0, 0.05) is 23.7 Å². The molecule has 2 unspecified atom stereocenters. The van der Waals surface area contributed by atoms with Crippen LogP contribution in [0.2, 0.25) is 0 Å². The van der Waals surface area contributed by atoms with Crippen molar-refractivity contribution < 1.29 is 13.7 Å². The molecule has 20 heavy (non-hydrogen) atoms. The number of nitrogen functional groups attached to an aromatic ring is 1. The number of carbonyl (C=O) groups is 1. The molecule has 0 saturated carbocycles. The summed E-state index contributed by atoms with van der Waals surface area (Å²) in [4.78, 5) is 14.7. The van der Waals surface area contributed by atoms with Crippen molar-refractivity contribution in [1.29, 1.82) is 0 Å². The van der Waals surface area contributed by atoms with Gasteiger partial charge in [-0.25, -0.2) is 0 Å². The first-order valence-electron chi connectivity index (χ1n) is 6.64. The maximum Gasteiger partial charge on any atom is 0.238 e. The number of hydrogen-bond donors (Lipinski definition) is 1. The van der Waals surface area contributed by atoms with Gasteiger partial charge in [0.05, 0.1) is 24.0 Å². The van der Waals surface area contributed by atoms with Crippen LogP contribution in [0.5, 0.6) is 0 Å². The maximum absolute atomic E-state index is 12.6. The Balaban J connectivity index is 2.15. The third kappa shape index (κ3) is 3.19. The summed E-state index contributed by atoms with van der Waals surface area (Å²) in [5.41, 5.74) is 7.19. The number of rotatable bonds is 3. The molecule has 1 heterocycles. The van der Waals surface area contributed by atoms with Crippen molar-refractivity contribution in [2.24, 2.45) is 0 Å². The second kappa shape index (κ2) is 6.37. The van der Waals surface area contributed by atoms with Crippen molar-refractivity contribution in [2.45, 2.75) is 24.0 Å². The first-order valence-corrected chi connectivity index (χ1v) is 7.85. The molecular weight excluding hydrogens is 276 g/mol. The first kappa shape index (κ1) is 15.0. The summed E-state index contributed by atoms with van der Waals surface area (Å²) in [5.74, 6) is -0.0894. The van der Waals surface area contributed by atoms with Gasteiger partial charge in [-0.1, -0.05) is 6.07 Å². The molecule has 1 aromatic rings. The van der Waals surface area contributed by atoms with E-state index in [1.807, 2.05) is 13.0 Å². The van der Waals surface area contributed by atoms with Gasteiger partial charge in [-0.05, 0) is 31.5 Å². The first-order chi connectivity index (χ1) is 9.50. The van der Waals surface area contributed by atoms with Crippen LogP contribution in [0.3, 0.4) is 0 Å². The van der Waals surface area contributed by atoms with E-state index in [2.05, 4.69) is 0 Å². The molecule has 1 aliphatic heterocycles. The topological polar surface area (TPSA) is 72.6 Å². The van der Waals surface area contributed by atoms with Crippen molar-refractivity contribution >= 4 is 22.4 Å². The third-order valence-electron chi connectivity index (χ3n) is 3.42. The number of ether oxygens (including phenoxy) is 1. The fourth-order valence-corrected chi connectivity index (χ4v) is 3.51. The minimum Gasteiger partial charge on any atom is -0.399 e. The number of aryl methyl sites for hydroxylation is 1. The number of carbonyl (C=O) groups excluding carboxylic acids is 1. The lowest BCUT2D eigenvalue weighted by Gasteiger charge is -2.29. The molecule has 1 aliphatic rings. The molecule has 0 spiro atoms. The van der Waals surface area contributed by atoms with E-state index in [1.165, 1.54) is 0 Å². The zero-order valence-electron chi connectivity index (χ0n) is 11.8. The molecule has 0 radical (unpaired) electrons. The Morgan fingerprint density at radius 3 is 2.70 bits per heavy atom. The zero-order valence-corrected chi connectivity index (χ0v) is 12.6. The molecule has 1 amide bonds. The van der Waals surface area contributed by atoms with Crippen LogP contribution in [-0.4, -0.2) is 46.6 Å². The highest BCUT2D eigenvalue weighted by molar-refractivity contribution is 7.86. The fourth-order valence-electron chi connectivity index (χ4n) is 2.16. The monoisotopic (exact) mass is 296 g/mol. The molecule has 2 atom stereocenters. The van der Waals surface area contributed by atoms with Crippen molar-refractivity contribution in [3.63, 3.8) is 0 Å². The second-order valence-electron chi connectivity index (χ2n) is 4.90. The fraction of sp³-hybridized carbons (Fsp3) is 0.500. The highest BCUT2D eigenvalue weighted by Gasteiger charge is 2.28. The van der Waals surface area contributed by atoms with Gasteiger partial charge in [0.15, 0.2) is 0 Å². The quantitative estimate of drug-likeness (QED) is 0.842. The van der Waals surface area contributed by atoms with Gasteiger partial charge in [-0.3, -0.25) is 9.00 Å². The molecule has 5 nitrogen and oxygen atoms in total. The Bertz CT molecular complexity index is 527. The van der Waals surface area contributed by atoms with Crippen molar-refractivity contribution in [2.75, 3.05) is 32.0 Å². The van der Waals surface area contributed by atoms with E-state index in [4.69, 9.17) is 10.5 Å². The van der Waals surface area contributed by atoms with Crippen molar-refractivity contribution in [1.82, 2.24) is 4.90 Å². The Morgan fingerprint density at radius 2 is 2.05 bits per heavy atom. The van der Waals surface area contributed by atoms with E-state index in [1.54, 1.807) is 24.0 Å². The van der Waals surface area contributed by atoms with Crippen LogP contribution >= 0.6 is 0 Å². The standard InChI is InChI=1S/C14H20N2O3S/c1-10-3-4-12(15)9-13(10)20(18)11(2)14(17)16-5-7-19-8-6-16/h3-4,9,11H,5-8,15H2,1-2H3. The smallest absolute Gasteiger partial charge is 0.238 e. The molecule has 1 aromatic carbocycles. The maximum atomic E-state index is 12.6. The predicted molar refractivity (Wildman–Crippen MR) is 78.9 cm³/mol. The Kier molecular flexibility index (Phi) is 4.77. The lowest BCUT2D eigenvalue weighted by atomic mass is 10.2. The molecule has 0 aromatic heterocycles. The van der Waals surface area contributed by atoms with Crippen LogP contribution in [0, 0.1) is 6.92 Å². The van der Waals surface area contributed by atoms with Gasteiger partial charge in [0.1, 0.15) is 5.25 Å². The molecule has 0 bridgehead atoms. The minimum absolute atomic E-state index is 0.0894. The van der Waals surface area contributed by atoms with Crippen LogP contribution in [-0.2, 0) is 20.3 Å². The van der Waals surface area contributed by atoms with Crippen LogP contribution in [0.4, 0.5) is 5.69 Å². The average molecular weight is 296 g/mol. The normalized spacial score (nSPS) is 18.6. The summed E-state index contributed by atoms with van der Waals surface area (Å²) < 4.78 is 17.8. The summed E-state index contributed by atoms with van der Waals surface area (Å²) in [5, 5.41) is -0.575. The summed E-state index contributed by atoms with van der Waals surface area (Å²) in [6, 6.07) is 5.29. The Labute approximate surface area is 121 Å². The summed E-state index contributed by atoms with van der Waals surface area (Å²) in [6.07, 6.45) is 0. The molecule has 2 N–H and O–H groups in total. The number of nitrogens with two attached hydrogens (primary N) is 1. The number of nitrogens with zero attached hydrogens (tertiary/aromatic N) is 1. The Morgan fingerprint density at radius 1 is 1.40 bits per heavy atom. The van der Waals surface area contributed by atoms with Crippen molar-refractivity contribution in [3.8, 4) is 0 Å². The second-order valence-corrected chi connectivity index (χ2v) is 6.64. The number of hydrogen-bond acceptors (Lipinski definition) is 4. The number of anilines is 1. The van der Waals surface area contributed by atoms with Gasteiger partial charge in [-0.2, -0.15) is 0 Å².